The first-order valence-corrected chi connectivity index (χ1v) is 9.61. The smallest absolute Gasteiger partial charge is 0.0992 e. The molecule has 0 bridgehead atoms. The second-order valence-corrected chi connectivity index (χ2v) is 7.49. The van der Waals surface area contributed by atoms with Crippen molar-refractivity contribution in [2.45, 2.75) is 13.8 Å². The summed E-state index contributed by atoms with van der Waals surface area (Å²) >= 11 is 0. The molecule has 5 aromatic rings. The monoisotopic (exact) mass is 373 g/mol. The van der Waals surface area contributed by atoms with Crippen LogP contribution in [0.25, 0.3) is 38.6 Å². The van der Waals surface area contributed by atoms with Crippen LogP contribution in [0.15, 0.2) is 79.1 Å². The molecular weight excluding hydrogens is 354 g/mol. The molecule has 3 nitrogen and oxygen atoms in total. The van der Waals surface area contributed by atoms with E-state index in [-0.39, 0.29) is 0 Å². The van der Waals surface area contributed by atoms with E-state index in [1.165, 1.54) is 21.9 Å². The minimum atomic E-state index is 0.642. The molecule has 0 aliphatic carbocycles. The molecule has 0 radical (unpaired) electrons. The van der Waals surface area contributed by atoms with Crippen LogP contribution in [-0.2, 0) is 0 Å². The molecule has 138 valence electrons. The van der Waals surface area contributed by atoms with Crippen LogP contribution >= 0.6 is 0 Å². The van der Waals surface area contributed by atoms with Crippen LogP contribution < -0.4 is 0 Å². The lowest BCUT2D eigenvalue weighted by atomic mass is 10.0. The summed E-state index contributed by atoms with van der Waals surface area (Å²) in [6.07, 6.45) is 3.56. The van der Waals surface area contributed by atoms with Crippen molar-refractivity contribution < 1.29 is 0 Å². The lowest BCUT2D eigenvalue weighted by Crippen LogP contribution is -1.96. The van der Waals surface area contributed by atoms with E-state index in [4.69, 9.17) is 0 Å². The lowest BCUT2D eigenvalue weighted by molar-refractivity contribution is 1.17. The van der Waals surface area contributed by atoms with Crippen LogP contribution in [0.4, 0.5) is 0 Å². The van der Waals surface area contributed by atoms with E-state index in [1.807, 2.05) is 24.3 Å². The van der Waals surface area contributed by atoms with Crippen molar-refractivity contribution in [2.75, 3.05) is 0 Å². The molecule has 2 aromatic heterocycles. The van der Waals surface area contributed by atoms with Gasteiger partial charge in [-0.1, -0.05) is 23.3 Å². The first-order valence-electron chi connectivity index (χ1n) is 9.61. The second kappa shape index (κ2) is 6.61. The second-order valence-electron chi connectivity index (χ2n) is 7.49. The van der Waals surface area contributed by atoms with E-state index in [1.54, 1.807) is 12.4 Å². The Labute approximate surface area is 169 Å². The number of aromatic nitrogens is 2. The van der Waals surface area contributed by atoms with Gasteiger partial charge in [0.25, 0.3) is 0 Å². The molecule has 3 heteroatoms. The third-order valence-corrected chi connectivity index (χ3v) is 5.39. The first kappa shape index (κ1) is 17.2. The van der Waals surface area contributed by atoms with Gasteiger partial charge in [0.05, 0.1) is 22.7 Å². The molecule has 2 heterocycles. The largest absolute Gasteiger partial charge is 0.309 e. The summed E-state index contributed by atoms with van der Waals surface area (Å²) in [4.78, 5) is 4.11. The number of hydrogen-bond donors (Lipinski definition) is 0. The number of fused-ring (bicyclic) bond motifs is 3. The van der Waals surface area contributed by atoms with Crippen LogP contribution in [0.1, 0.15) is 16.7 Å². The van der Waals surface area contributed by atoms with Crippen molar-refractivity contribution in [2.24, 2.45) is 0 Å². The summed E-state index contributed by atoms with van der Waals surface area (Å²) in [6.45, 7) is 4.24. The number of benzene rings is 3. The molecule has 0 saturated carbocycles. The maximum Gasteiger partial charge on any atom is 0.0992 e. The number of hydrogen-bond acceptors (Lipinski definition) is 2. The third-order valence-electron chi connectivity index (χ3n) is 5.39. The molecule has 0 fully saturated rings. The van der Waals surface area contributed by atoms with Crippen molar-refractivity contribution in [3.8, 4) is 22.9 Å². The molecule has 0 aliphatic heterocycles. The van der Waals surface area contributed by atoms with Crippen molar-refractivity contribution in [1.82, 2.24) is 9.55 Å². The topological polar surface area (TPSA) is 41.6 Å². The van der Waals surface area contributed by atoms with Crippen LogP contribution in [-0.4, -0.2) is 9.55 Å². The molecule has 3 aromatic carbocycles. The summed E-state index contributed by atoms with van der Waals surface area (Å²) in [6, 6.07) is 25.4. The molecule has 0 amide bonds. The standard InChI is InChI=1S/C26H19N3/c1-17-3-5-25-23(11-17)24-12-18(2)4-6-26(24)29(25)22-14-19(16-27)13-21(15-22)20-7-9-28-10-8-20/h3-15H,1-2H3. The average molecular weight is 373 g/mol. The van der Waals surface area contributed by atoms with Crippen LogP contribution in [0.2, 0.25) is 0 Å². The SMILES string of the molecule is Cc1ccc2c(c1)c1cc(C)ccc1n2-c1cc(C#N)cc(-c2ccncc2)c1. The lowest BCUT2D eigenvalue weighted by Gasteiger charge is -2.11. The Kier molecular flexibility index (Phi) is 3.93. The highest BCUT2D eigenvalue weighted by Crippen LogP contribution is 2.34. The highest BCUT2D eigenvalue weighted by molar-refractivity contribution is 6.09. The van der Waals surface area contributed by atoms with Crippen molar-refractivity contribution in [1.29, 1.82) is 5.26 Å². The van der Waals surface area contributed by atoms with Gasteiger partial charge >= 0.3 is 0 Å². The van der Waals surface area contributed by atoms with E-state index in [0.717, 1.165) is 27.8 Å². The summed E-state index contributed by atoms with van der Waals surface area (Å²) in [5, 5.41) is 12.1. The molecule has 0 atom stereocenters. The van der Waals surface area contributed by atoms with E-state index >= 15 is 0 Å². The minimum absolute atomic E-state index is 0.642. The predicted molar refractivity (Wildman–Crippen MR) is 118 cm³/mol. The Balaban J connectivity index is 1.87. The van der Waals surface area contributed by atoms with E-state index in [2.05, 4.69) is 71.9 Å². The fraction of sp³-hybridized carbons (Fsp3) is 0.0769. The molecule has 0 N–H and O–H groups in total. The van der Waals surface area contributed by atoms with E-state index in [9.17, 15) is 5.26 Å². The number of aryl methyl sites for hydroxylation is 2. The van der Waals surface area contributed by atoms with Crippen molar-refractivity contribution in [3.63, 3.8) is 0 Å². The predicted octanol–water partition coefficient (Wildman–Crippen LogP) is 6.33. The maximum atomic E-state index is 9.66. The summed E-state index contributed by atoms with van der Waals surface area (Å²) in [5.74, 6) is 0. The molecule has 0 saturated heterocycles. The zero-order valence-corrected chi connectivity index (χ0v) is 16.3. The summed E-state index contributed by atoms with van der Waals surface area (Å²) in [5.41, 5.74) is 8.45. The maximum absolute atomic E-state index is 9.66. The summed E-state index contributed by atoms with van der Waals surface area (Å²) < 4.78 is 2.26. The number of pyridine rings is 1. The number of nitrogens with zero attached hydrogens (tertiary/aromatic N) is 3. The quantitative estimate of drug-likeness (QED) is 0.362. The highest BCUT2D eigenvalue weighted by Gasteiger charge is 2.14. The summed E-state index contributed by atoms with van der Waals surface area (Å²) in [7, 11) is 0. The fourth-order valence-corrected chi connectivity index (χ4v) is 4.04. The van der Waals surface area contributed by atoms with Gasteiger partial charge in [0, 0.05) is 28.9 Å². The number of nitriles is 1. The highest BCUT2D eigenvalue weighted by atomic mass is 15.0. The van der Waals surface area contributed by atoms with Crippen molar-refractivity contribution >= 4 is 21.8 Å². The van der Waals surface area contributed by atoms with Crippen LogP contribution in [0.3, 0.4) is 0 Å². The molecule has 29 heavy (non-hydrogen) atoms. The molecule has 0 unspecified atom stereocenters. The van der Waals surface area contributed by atoms with Gasteiger partial charge in [-0.05, 0) is 79.6 Å². The Morgan fingerprint density at radius 3 is 1.93 bits per heavy atom. The van der Waals surface area contributed by atoms with Crippen LogP contribution in [0, 0.1) is 25.2 Å². The van der Waals surface area contributed by atoms with Crippen LogP contribution in [0.5, 0.6) is 0 Å². The van der Waals surface area contributed by atoms with Gasteiger partial charge in [-0.15, -0.1) is 0 Å². The van der Waals surface area contributed by atoms with Crippen molar-refractivity contribution in [3.05, 3.63) is 95.8 Å². The van der Waals surface area contributed by atoms with Gasteiger partial charge in [-0.2, -0.15) is 5.26 Å². The van der Waals surface area contributed by atoms with E-state index in [0.29, 0.717) is 5.56 Å². The Morgan fingerprint density at radius 2 is 1.34 bits per heavy atom. The fourth-order valence-electron chi connectivity index (χ4n) is 4.04. The Bertz CT molecular complexity index is 1360. The van der Waals surface area contributed by atoms with Gasteiger partial charge < -0.3 is 4.57 Å². The molecule has 0 aliphatic rings. The van der Waals surface area contributed by atoms with Gasteiger partial charge in [0.1, 0.15) is 0 Å². The average Bonchev–Trinajstić information content (AvgIpc) is 3.07. The molecular formula is C26H19N3. The van der Waals surface area contributed by atoms with Gasteiger partial charge in [-0.3, -0.25) is 4.98 Å². The van der Waals surface area contributed by atoms with Gasteiger partial charge in [-0.25, -0.2) is 0 Å². The van der Waals surface area contributed by atoms with Gasteiger partial charge in [0.2, 0.25) is 0 Å². The zero-order valence-electron chi connectivity index (χ0n) is 16.3. The zero-order chi connectivity index (χ0) is 20.0. The normalized spacial score (nSPS) is 11.1. The molecule has 0 spiro atoms. The third kappa shape index (κ3) is 2.86. The first-order chi connectivity index (χ1) is 14.1. The molecule has 5 rings (SSSR count). The van der Waals surface area contributed by atoms with E-state index < -0.39 is 0 Å². The Morgan fingerprint density at radius 1 is 0.724 bits per heavy atom. The van der Waals surface area contributed by atoms with Gasteiger partial charge in [0.15, 0.2) is 0 Å². The Hall–Kier alpha value is -3.90. The minimum Gasteiger partial charge on any atom is -0.309 e. The number of rotatable bonds is 2.